The molecule has 9 nitrogen and oxygen atoms in total. The number of methoxy groups -OCH3 is 1. The van der Waals surface area contributed by atoms with Crippen molar-refractivity contribution < 1.29 is 29.1 Å². The number of esters is 1. The van der Waals surface area contributed by atoms with Crippen LogP contribution in [-0.2, 0) is 9.53 Å². The molecule has 2 rings (SSSR count). The van der Waals surface area contributed by atoms with E-state index in [0.29, 0.717) is 0 Å². The van der Waals surface area contributed by atoms with Gasteiger partial charge in [0.15, 0.2) is 12.4 Å². The van der Waals surface area contributed by atoms with E-state index >= 15 is 0 Å². The number of anilines is 1. The number of nitrogens with zero attached hydrogens (tertiary/aromatic N) is 1. The average molecular weight is 346 g/mol. The van der Waals surface area contributed by atoms with Crippen molar-refractivity contribution in [2.24, 2.45) is 0 Å². The van der Waals surface area contributed by atoms with Crippen LogP contribution in [-0.4, -0.2) is 35.6 Å². The predicted octanol–water partition coefficient (Wildman–Crippen LogP) is 2.10. The zero-order chi connectivity index (χ0) is 18.4. The molecule has 0 aliphatic carbocycles. The molecule has 0 atom stereocenters. The number of phenols is 1. The minimum atomic E-state index is -0.740. The average Bonchev–Trinajstić information content (AvgIpc) is 2.61. The highest BCUT2D eigenvalue weighted by Crippen LogP contribution is 2.28. The molecule has 25 heavy (non-hydrogen) atoms. The Morgan fingerprint density at radius 3 is 2.48 bits per heavy atom. The van der Waals surface area contributed by atoms with Gasteiger partial charge in [0.05, 0.1) is 17.7 Å². The number of carbonyl (C=O) groups is 2. The fraction of sp³-hybridized carbons (Fsp3) is 0.125. The Kier molecular flexibility index (Phi) is 5.51. The van der Waals surface area contributed by atoms with Crippen molar-refractivity contribution in [2.75, 3.05) is 19.0 Å². The summed E-state index contributed by atoms with van der Waals surface area (Å²) in [6.07, 6.45) is 0. The van der Waals surface area contributed by atoms with Gasteiger partial charge in [0.25, 0.3) is 11.6 Å². The summed E-state index contributed by atoms with van der Waals surface area (Å²) in [6, 6.07) is 9.45. The van der Waals surface area contributed by atoms with Crippen molar-refractivity contribution >= 4 is 23.3 Å². The highest BCUT2D eigenvalue weighted by atomic mass is 16.6. The first-order valence-electron chi connectivity index (χ1n) is 6.99. The maximum absolute atomic E-state index is 11.9. The van der Waals surface area contributed by atoms with Crippen LogP contribution in [0.4, 0.5) is 11.4 Å². The van der Waals surface area contributed by atoms with Crippen LogP contribution in [0, 0.1) is 10.1 Å². The molecule has 2 aromatic rings. The number of para-hydroxylation sites is 1. The second-order valence-corrected chi connectivity index (χ2v) is 4.78. The standard InChI is InChI=1S/C16H14N2O7/c1-24-16(21)12-3-2-4-13(15(12)20)17-14(19)9-25-11-7-5-10(6-8-11)18(22)23/h2-8,20H,9H2,1H3,(H,17,19). The number of aromatic hydroxyl groups is 1. The zero-order valence-corrected chi connectivity index (χ0v) is 13.1. The van der Waals surface area contributed by atoms with Crippen LogP contribution in [0.1, 0.15) is 10.4 Å². The van der Waals surface area contributed by atoms with Gasteiger partial charge in [-0.3, -0.25) is 14.9 Å². The number of phenolic OH excluding ortho intramolecular Hbond substituents is 1. The van der Waals surface area contributed by atoms with E-state index in [4.69, 9.17) is 4.74 Å². The van der Waals surface area contributed by atoms with Gasteiger partial charge in [0.1, 0.15) is 11.3 Å². The van der Waals surface area contributed by atoms with Gasteiger partial charge in [0, 0.05) is 12.1 Å². The van der Waals surface area contributed by atoms with Crippen LogP contribution < -0.4 is 10.1 Å². The highest BCUT2D eigenvalue weighted by Gasteiger charge is 2.16. The monoisotopic (exact) mass is 346 g/mol. The molecule has 9 heteroatoms. The predicted molar refractivity (Wildman–Crippen MR) is 86.7 cm³/mol. The van der Waals surface area contributed by atoms with Crippen molar-refractivity contribution in [2.45, 2.75) is 0 Å². The molecule has 0 saturated heterocycles. The molecule has 1 amide bonds. The number of hydrogen-bond donors (Lipinski definition) is 2. The summed E-state index contributed by atoms with van der Waals surface area (Å²) in [5.74, 6) is -1.47. The zero-order valence-electron chi connectivity index (χ0n) is 13.1. The third-order valence-electron chi connectivity index (χ3n) is 3.13. The van der Waals surface area contributed by atoms with E-state index < -0.39 is 22.5 Å². The van der Waals surface area contributed by atoms with Crippen LogP contribution in [0.15, 0.2) is 42.5 Å². The van der Waals surface area contributed by atoms with Crippen molar-refractivity contribution in [1.82, 2.24) is 0 Å². The first-order chi connectivity index (χ1) is 11.9. The minimum Gasteiger partial charge on any atom is -0.505 e. The third-order valence-corrected chi connectivity index (χ3v) is 3.13. The van der Waals surface area contributed by atoms with Gasteiger partial charge in [0.2, 0.25) is 0 Å². The first kappa shape index (κ1) is 17.7. The lowest BCUT2D eigenvalue weighted by molar-refractivity contribution is -0.384. The minimum absolute atomic E-state index is 0.0280. The van der Waals surface area contributed by atoms with Crippen molar-refractivity contribution in [3.05, 3.63) is 58.1 Å². The lowest BCUT2D eigenvalue weighted by atomic mass is 10.1. The Morgan fingerprint density at radius 2 is 1.88 bits per heavy atom. The summed E-state index contributed by atoms with van der Waals surface area (Å²) in [4.78, 5) is 33.4. The van der Waals surface area contributed by atoms with Crippen LogP contribution >= 0.6 is 0 Å². The summed E-state index contributed by atoms with van der Waals surface area (Å²) in [7, 11) is 1.17. The number of benzene rings is 2. The molecule has 0 saturated carbocycles. The quantitative estimate of drug-likeness (QED) is 0.355. The van der Waals surface area contributed by atoms with Gasteiger partial charge < -0.3 is 19.9 Å². The number of nitro groups is 1. The van der Waals surface area contributed by atoms with Crippen molar-refractivity contribution in [3.8, 4) is 11.5 Å². The molecule has 0 aliphatic heterocycles. The second kappa shape index (κ2) is 7.77. The summed E-state index contributed by atoms with van der Waals surface area (Å²) >= 11 is 0. The molecule has 2 N–H and O–H groups in total. The van der Waals surface area contributed by atoms with E-state index in [2.05, 4.69) is 10.1 Å². The van der Waals surface area contributed by atoms with E-state index in [1.807, 2.05) is 0 Å². The number of ether oxygens (including phenoxy) is 2. The molecule has 0 aromatic heterocycles. The Morgan fingerprint density at radius 1 is 1.20 bits per heavy atom. The molecular formula is C16H14N2O7. The van der Waals surface area contributed by atoms with Gasteiger partial charge >= 0.3 is 5.97 Å². The van der Waals surface area contributed by atoms with Gasteiger partial charge in [-0.25, -0.2) is 4.79 Å². The van der Waals surface area contributed by atoms with E-state index in [1.54, 1.807) is 0 Å². The van der Waals surface area contributed by atoms with Gasteiger partial charge in [-0.2, -0.15) is 0 Å². The number of amides is 1. The van der Waals surface area contributed by atoms with Crippen LogP contribution in [0.5, 0.6) is 11.5 Å². The van der Waals surface area contributed by atoms with Crippen molar-refractivity contribution in [3.63, 3.8) is 0 Å². The number of non-ortho nitro benzene ring substituents is 1. The molecule has 0 heterocycles. The topological polar surface area (TPSA) is 128 Å². The lowest BCUT2D eigenvalue weighted by Gasteiger charge is -2.10. The fourth-order valence-corrected chi connectivity index (χ4v) is 1.92. The van der Waals surface area contributed by atoms with E-state index in [-0.39, 0.29) is 29.3 Å². The molecule has 0 unspecified atom stereocenters. The Labute approximate surface area is 141 Å². The number of hydrogen-bond acceptors (Lipinski definition) is 7. The maximum atomic E-state index is 11.9. The molecule has 0 bridgehead atoms. The van der Waals surface area contributed by atoms with Gasteiger partial charge in [-0.1, -0.05) is 6.07 Å². The number of carbonyl (C=O) groups excluding carboxylic acids is 2. The largest absolute Gasteiger partial charge is 0.505 e. The fourth-order valence-electron chi connectivity index (χ4n) is 1.92. The Balaban J connectivity index is 1.98. The summed E-state index contributed by atoms with van der Waals surface area (Å²) in [5, 5.41) is 22.9. The van der Waals surface area contributed by atoms with Crippen LogP contribution in [0.25, 0.3) is 0 Å². The second-order valence-electron chi connectivity index (χ2n) is 4.78. The first-order valence-corrected chi connectivity index (χ1v) is 6.99. The summed E-state index contributed by atoms with van der Waals surface area (Å²) in [6.45, 7) is -0.389. The van der Waals surface area contributed by atoms with Crippen molar-refractivity contribution in [1.29, 1.82) is 0 Å². The summed E-state index contributed by atoms with van der Waals surface area (Å²) < 4.78 is 9.73. The summed E-state index contributed by atoms with van der Waals surface area (Å²) in [5.41, 5.74) is -0.155. The number of rotatable bonds is 6. The maximum Gasteiger partial charge on any atom is 0.341 e. The molecule has 2 aromatic carbocycles. The molecule has 130 valence electrons. The Bertz CT molecular complexity index is 803. The van der Waals surface area contributed by atoms with Gasteiger partial charge in [-0.15, -0.1) is 0 Å². The molecule has 0 spiro atoms. The van der Waals surface area contributed by atoms with E-state index in [1.165, 1.54) is 49.6 Å². The van der Waals surface area contributed by atoms with Crippen LogP contribution in [0.2, 0.25) is 0 Å². The SMILES string of the molecule is COC(=O)c1cccc(NC(=O)COc2ccc([N+](=O)[O-])cc2)c1O. The molecular weight excluding hydrogens is 332 g/mol. The van der Waals surface area contributed by atoms with Crippen LogP contribution in [0.3, 0.4) is 0 Å². The Hall–Kier alpha value is -3.62. The third kappa shape index (κ3) is 4.44. The smallest absolute Gasteiger partial charge is 0.341 e. The lowest BCUT2D eigenvalue weighted by Crippen LogP contribution is -2.20. The number of nitro benzene ring substituents is 1. The molecule has 0 radical (unpaired) electrons. The van der Waals surface area contributed by atoms with E-state index in [9.17, 15) is 24.8 Å². The highest BCUT2D eigenvalue weighted by molar-refractivity contribution is 5.98. The van der Waals surface area contributed by atoms with Gasteiger partial charge in [-0.05, 0) is 24.3 Å². The van der Waals surface area contributed by atoms with E-state index in [0.717, 1.165) is 0 Å². The number of nitrogens with one attached hydrogen (secondary N) is 1. The normalized spacial score (nSPS) is 9.96. The molecule has 0 aliphatic rings. The molecule has 0 fully saturated rings.